The molecule has 0 saturated carbocycles. The molecular weight excluding hydrogens is 319 g/mol. The Morgan fingerprint density at radius 1 is 1.21 bits per heavy atom. The molecule has 0 aliphatic carbocycles. The molecule has 0 atom stereocenters. The van der Waals surface area contributed by atoms with E-state index in [9.17, 15) is 24.4 Å². The molecule has 0 aromatic heterocycles. The Hall–Kier alpha value is -3.55. The molecule has 0 amide bonds. The third kappa shape index (κ3) is 2.72. The predicted octanol–water partition coefficient (Wildman–Crippen LogP) is 2.78. The summed E-state index contributed by atoms with van der Waals surface area (Å²) in [5, 5.41) is 20.7. The summed E-state index contributed by atoms with van der Waals surface area (Å²) in [5.74, 6) is -2.27. The van der Waals surface area contributed by atoms with Gasteiger partial charge in [-0.15, -0.1) is 0 Å². The van der Waals surface area contributed by atoms with Gasteiger partial charge in [0.05, 0.1) is 10.5 Å². The molecule has 2 aromatic carbocycles. The Balaban J connectivity index is 2.03. The summed E-state index contributed by atoms with van der Waals surface area (Å²) in [6.45, 7) is 0. The minimum absolute atomic E-state index is 0.0116. The Morgan fingerprint density at radius 2 is 1.96 bits per heavy atom. The third-order valence-corrected chi connectivity index (χ3v) is 3.26. The minimum Gasteiger partial charge on any atom is -0.502 e. The lowest BCUT2D eigenvalue weighted by Gasteiger charge is -2.00. The first-order valence-electron chi connectivity index (χ1n) is 6.71. The van der Waals surface area contributed by atoms with Crippen molar-refractivity contribution >= 4 is 23.6 Å². The van der Waals surface area contributed by atoms with Gasteiger partial charge in [0.1, 0.15) is 5.82 Å². The fourth-order valence-electron chi connectivity index (χ4n) is 2.12. The lowest BCUT2D eigenvalue weighted by Crippen LogP contribution is -2.07. The van der Waals surface area contributed by atoms with Gasteiger partial charge in [0.15, 0.2) is 5.70 Å². The molecule has 0 unspecified atom stereocenters. The van der Waals surface area contributed by atoms with Crippen molar-refractivity contribution in [2.24, 2.45) is 4.99 Å². The Morgan fingerprint density at radius 3 is 2.67 bits per heavy atom. The van der Waals surface area contributed by atoms with E-state index in [0.717, 1.165) is 12.1 Å². The van der Waals surface area contributed by atoms with E-state index in [2.05, 4.69) is 4.99 Å². The number of carbonyl (C=O) groups excluding carboxylic acids is 1. The van der Waals surface area contributed by atoms with Crippen molar-refractivity contribution in [3.8, 4) is 5.75 Å². The lowest BCUT2D eigenvalue weighted by molar-refractivity contribution is -0.385. The number of nitro groups is 1. The SMILES string of the molecule is O=C1OC(c2ccccc2F)=N/C1=C/c1cccc([N+](=O)[O-])c1O. The number of ether oxygens (including phenoxy) is 1. The van der Waals surface area contributed by atoms with Crippen molar-refractivity contribution in [3.05, 3.63) is 75.2 Å². The summed E-state index contributed by atoms with van der Waals surface area (Å²) in [4.78, 5) is 25.8. The molecule has 1 heterocycles. The number of esters is 1. The first kappa shape index (κ1) is 15.3. The highest BCUT2D eigenvalue weighted by molar-refractivity contribution is 6.13. The van der Waals surface area contributed by atoms with Crippen LogP contribution in [0, 0.1) is 15.9 Å². The van der Waals surface area contributed by atoms with E-state index >= 15 is 0 Å². The second-order valence-electron chi connectivity index (χ2n) is 4.79. The lowest BCUT2D eigenvalue weighted by atomic mass is 10.1. The van der Waals surface area contributed by atoms with Crippen LogP contribution in [-0.4, -0.2) is 21.9 Å². The number of benzene rings is 2. The van der Waals surface area contributed by atoms with Crippen molar-refractivity contribution in [1.82, 2.24) is 0 Å². The van der Waals surface area contributed by atoms with Gasteiger partial charge in [0.25, 0.3) is 0 Å². The number of halogens is 1. The molecule has 1 aliphatic heterocycles. The Bertz CT molecular complexity index is 920. The van der Waals surface area contributed by atoms with E-state index in [1.165, 1.54) is 30.3 Å². The number of aromatic hydroxyl groups is 1. The summed E-state index contributed by atoms with van der Waals surface area (Å²) >= 11 is 0. The van der Waals surface area contributed by atoms with Crippen molar-refractivity contribution in [3.63, 3.8) is 0 Å². The normalized spacial score (nSPS) is 15.3. The number of nitro benzene ring substituents is 1. The van der Waals surface area contributed by atoms with E-state index < -0.39 is 28.1 Å². The second-order valence-corrected chi connectivity index (χ2v) is 4.79. The number of phenols is 1. The average Bonchev–Trinajstić information content (AvgIpc) is 2.90. The Labute approximate surface area is 134 Å². The summed E-state index contributed by atoms with van der Waals surface area (Å²) in [5.41, 5.74) is -0.676. The maximum absolute atomic E-state index is 13.7. The number of hydrogen-bond acceptors (Lipinski definition) is 6. The maximum atomic E-state index is 13.7. The van der Waals surface area contributed by atoms with Gasteiger partial charge in [-0.25, -0.2) is 14.2 Å². The van der Waals surface area contributed by atoms with Crippen LogP contribution in [0.4, 0.5) is 10.1 Å². The fraction of sp³-hybridized carbons (Fsp3) is 0. The molecule has 2 aromatic rings. The number of rotatable bonds is 3. The quantitative estimate of drug-likeness (QED) is 0.404. The number of cyclic esters (lactones) is 1. The van der Waals surface area contributed by atoms with Crippen LogP contribution in [0.5, 0.6) is 5.75 Å². The highest BCUT2D eigenvalue weighted by Crippen LogP contribution is 2.32. The highest BCUT2D eigenvalue weighted by Gasteiger charge is 2.26. The number of para-hydroxylation sites is 1. The van der Waals surface area contributed by atoms with E-state index in [-0.39, 0.29) is 22.7 Å². The van der Waals surface area contributed by atoms with Crippen molar-refractivity contribution in [1.29, 1.82) is 0 Å². The zero-order chi connectivity index (χ0) is 17.3. The molecule has 1 aliphatic rings. The molecule has 24 heavy (non-hydrogen) atoms. The first-order valence-corrected chi connectivity index (χ1v) is 6.71. The number of phenolic OH excluding ortho intramolecular Hbond substituents is 1. The van der Waals surface area contributed by atoms with Crippen molar-refractivity contribution < 1.29 is 24.0 Å². The average molecular weight is 328 g/mol. The van der Waals surface area contributed by atoms with E-state index in [1.54, 1.807) is 6.07 Å². The van der Waals surface area contributed by atoms with E-state index in [4.69, 9.17) is 4.74 Å². The summed E-state index contributed by atoms with van der Waals surface area (Å²) in [7, 11) is 0. The van der Waals surface area contributed by atoms with Crippen LogP contribution < -0.4 is 0 Å². The number of hydrogen-bond donors (Lipinski definition) is 1. The van der Waals surface area contributed by atoms with Gasteiger partial charge in [-0.3, -0.25) is 10.1 Å². The third-order valence-electron chi connectivity index (χ3n) is 3.26. The number of carbonyl (C=O) groups is 1. The minimum atomic E-state index is -0.848. The molecule has 0 fully saturated rings. The molecule has 0 saturated heterocycles. The smallest absolute Gasteiger partial charge is 0.363 e. The van der Waals surface area contributed by atoms with Crippen LogP contribution in [0.15, 0.2) is 53.2 Å². The zero-order valence-corrected chi connectivity index (χ0v) is 12.0. The standard InChI is InChI=1S/C16H9FN2O5/c17-11-6-2-1-5-10(11)15-18-12(16(21)24-15)8-9-4-3-7-13(14(9)20)19(22)23/h1-8,20H/b12-8+. The van der Waals surface area contributed by atoms with Crippen LogP contribution in [0.1, 0.15) is 11.1 Å². The highest BCUT2D eigenvalue weighted by atomic mass is 19.1. The molecule has 0 radical (unpaired) electrons. The van der Waals surface area contributed by atoms with Gasteiger partial charge in [0, 0.05) is 11.6 Å². The molecule has 8 heteroatoms. The van der Waals surface area contributed by atoms with Gasteiger partial charge < -0.3 is 9.84 Å². The van der Waals surface area contributed by atoms with Gasteiger partial charge >= 0.3 is 11.7 Å². The molecule has 0 bridgehead atoms. The summed E-state index contributed by atoms with van der Waals surface area (Å²) in [6, 6.07) is 9.48. The first-order chi connectivity index (χ1) is 11.5. The van der Waals surface area contributed by atoms with Crippen LogP contribution in [0.25, 0.3) is 6.08 Å². The number of nitrogens with zero attached hydrogens (tertiary/aromatic N) is 2. The van der Waals surface area contributed by atoms with Gasteiger partial charge in [-0.05, 0) is 18.2 Å². The van der Waals surface area contributed by atoms with Crippen molar-refractivity contribution in [2.75, 3.05) is 0 Å². The van der Waals surface area contributed by atoms with Crippen LogP contribution >= 0.6 is 0 Å². The monoisotopic (exact) mass is 328 g/mol. The largest absolute Gasteiger partial charge is 0.502 e. The van der Waals surface area contributed by atoms with Gasteiger partial charge in [-0.2, -0.15) is 0 Å². The van der Waals surface area contributed by atoms with Crippen LogP contribution in [0.2, 0.25) is 0 Å². The Kier molecular flexibility index (Phi) is 3.78. The molecule has 3 rings (SSSR count). The van der Waals surface area contributed by atoms with E-state index in [1.807, 2.05) is 0 Å². The van der Waals surface area contributed by atoms with Crippen LogP contribution in [-0.2, 0) is 9.53 Å². The molecule has 0 spiro atoms. The molecule has 7 nitrogen and oxygen atoms in total. The topological polar surface area (TPSA) is 102 Å². The number of aliphatic imine (C=N–C) groups is 1. The fourth-order valence-corrected chi connectivity index (χ4v) is 2.12. The van der Waals surface area contributed by atoms with E-state index in [0.29, 0.717) is 0 Å². The van der Waals surface area contributed by atoms with Gasteiger partial charge in [-0.1, -0.05) is 24.3 Å². The molecule has 120 valence electrons. The van der Waals surface area contributed by atoms with Crippen molar-refractivity contribution in [2.45, 2.75) is 0 Å². The molecule has 1 N–H and O–H groups in total. The summed E-state index contributed by atoms with van der Waals surface area (Å²) in [6.07, 6.45) is 1.14. The second kappa shape index (κ2) is 5.92. The predicted molar refractivity (Wildman–Crippen MR) is 81.8 cm³/mol. The van der Waals surface area contributed by atoms with Gasteiger partial charge in [0.2, 0.25) is 11.6 Å². The molecular formula is C16H9FN2O5. The maximum Gasteiger partial charge on any atom is 0.363 e. The van der Waals surface area contributed by atoms with Crippen LogP contribution in [0.3, 0.4) is 0 Å². The summed E-state index contributed by atoms with van der Waals surface area (Å²) < 4.78 is 18.6. The zero-order valence-electron chi connectivity index (χ0n) is 12.0.